The molecule has 22 heavy (non-hydrogen) atoms. The molecule has 0 aromatic heterocycles. The topological polar surface area (TPSA) is 49.3 Å². The van der Waals surface area contributed by atoms with Crippen molar-refractivity contribution in [2.24, 2.45) is 0 Å². The van der Waals surface area contributed by atoms with Gasteiger partial charge in [-0.2, -0.15) is 0 Å². The summed E-state index contributed by atoms with van der Waals surface area (Å²) in [6.45, 7) is 2.90. The molecule has 0 spiro atoms. The van der Waals surface area contributed by atoms with E-state index in [4.69, 9.17) is 0 Å². The number of hydrogen-bond donors (Lipinski definition) is 2. The fraction of sp³-hybridized carbons (Fsp3) is 0.421. The fourth-order valence-electron chi connectivity index (χ4n) is 2.63. The number of amides is 1. The first-order chi connectivity index (χ1) is 10.7. The molecule has 2 aromatic carbocycles. The number of hydrogen-bond acceptors (Lipinski definition) is 2. The number of carbonyl (C=O) groups excluding carboxylic acids is 1. The van der Waals surface area contributed by atoms with Crippen molar-refractivity contribution in [3.63, 3.8) is 0 Å². The van der Waals surface area contributed by atoms with Crippen LogP contribution >= 0.6 is 0 Å². The Bertz CT molecular complexity index is 622. The van der Waals surface area contributed by atoms with Gasteiger partial charge in [-0.1, -0.05) is 63.3 Å². The molecule has 3 nitrogen and oxygen atoms in total. The van der Waals surface area contributed by atoms with E-state index in [1.807, 2.05) is 30.3 Å². The van der Waals surface area contributed by atoms with Gasteiger partial charge in [0.05, 0.1) is 0 Å². The van der Waals surface area contributed by atoms with Crippen LogP contribution in [-0.2, 0) is 0 Å². The lowest BCUT2D eigenvalue weighted by Crippen LogP contribution is -2.24. The molecule has 2 aromatic rings. The first kappa shape index (κ1) is 16.3. The van der Waals surface area contributed by atoms with Crippen molar-refractivity contribution in [1.82, 2.24) is 5.32 Å². The number of unbranched alkanes of at least 4 members (excludes halogenated alkanes) is 5. The van der Waals surface area contributed by atoms with Crippen LogP contribution in [0.5, 0.6) is 5.75 Å². The van der Waals surface area contributed by atoms with Gasteiger partial charge in [-0.15, -0.1) is 0 Å². The molecule has 2 N–H and O–H groups in total. The number of fused-ring (bicyclic) bond motifs is 1. The highest BCUT2D eigenvalue weighted by Crippen LogP contribution is 2.26. The zero-order valence-electron chi connectivity index (χ0n) is 13.3. The highest BCUT2D eigenvalue weighted by atomic mass is 16.3. The van der Waals surface area contributed by atoms with Crippen LogP contribution in [0.3, 0.4) is 0 Å². The predicted molar refractivity (Wildman–Crippen MR) is 91.3 cm³/mol. The lowest BCUT2D eigenvalue weighted by atomic mass is 10.1. The summed E-state index contributed by atoms with van der Waals surface area (Å²) in [6, 6.07) is 10.9. The lowest BCUT2D eigenvalue weighted by Gasteiger charge is -2.08. The second kappa shape index (κ2) is 8.42. The second-order valence-electron chi connectivity index (χ2n) is 5.74. The van der Waals surface area contributed by atoms with Gasteiger partial charge < -0.3 is 10.4 Å². The van der Waals surface area contributed by atoms with Gasteiger partial charge in [-0.25, -0.2) is 0 Å². The largest absolute Gasteiger partial charge is 0.507 e. The Labute approximate surface area is 132 Å². The molecule has 3 heteroatoms. The van der Waals surface area contributed by atoms with Crippen LogP contribution in [0.2, 0.25) is 0 Å². The molecule has 0 bridgehead atoms. The molecule has 0 radical (unpaired) electrons. The Balaban J connectivity index is 1.85. The first-order valence-electron chi connectivity index (χ1n) is 8.22. The van der Waals surface area contributed by atoms with Crippen LogP contribution in [0.15, 0.2) is 36.4 Å². The third kappa shape index (κ3) is 4.48. The summed E-state index contributed by atoms with van der Waals surface area (Å²) in [5.41, 5.74) is 0.516. The number of rotatable bonds is 8. The minimum atomic E-state index is -0.116. The molecule has 0 aliphatic heterocycles. The first-order valence-corrected chi connectivity index (χ1v) is 8.22. The lowest BCUT2D eigenvalue weighted by molar-refractivity contribution is 0.0952. The maximum Gasteiger partial charge on any atom is 0.251 e. The van der Waals surface area contributed by atoms with Crippen LogP contribution in [0.4, 0.5) is 0 Å². The van der Waals surface area contributed by atoms with Crippen LogP contribution in [-0.4, -0.2) is 17.6 Å². The Morgan fingerprint density at radius 1 is 1.05 bits per heavy atom. The van der Waals surface area contributed by atoms with Gasteiger partial charge in [0.2, 0.25) is 0 Å². The van der Waals surface area contributed by atoms with Gasteiger partial charge in [0.1, 0.15) is 5.75 Å². The molecule has 0 aliphatic carbocycles. The monoisotopic (exact) mass is 299 g/mol. The summed E-state index contributed by atoms with van der Waals surface area (Å²) >= 11 is 0. The Hall–Kier alpha value is -2.03. The summed E-state index contributed by atoms with van der Waals surface area (Å²) in [5, 5.41) is 14.6. The van der Waals surface area contributed by atoms with E-state index in [0.717, 1.165) is 23.6 Å². The molecule has 0 fully saturated rings. The van der Waals surface area contributed by atoms with Crippen LogP contribution in [0, 0.1) is 0 Å². The number of aromatic hydroxyl groups is 1. The minimum Gasteiger partial charge on any atom is -0.507 e. The van der Waals surface area contributed by atoms with E-state index < -0.39 is 0 Å². The van der Waals surface area contributed by atoms with Crippen LogP contribution in [0.25, 0.3) is 10.8 Å². The maximum atomic E-state index is 12.2. The highest BCUT2D eigenvalue weighted by Gasteiger charge is 2.09. The van der Waals surface area contributed by atoms with Crippen LogP contribution < -0.4 is 5.32 Å². The van der Waals surface area contributed by atoms with Crippen molar-refractivity contribution in [3.05, 3.63) is 42.0 Å². The molecule has 0 heterocycles. The van der Waals surface area contributed by atoms with Gasteiger partial charge in [0, 0.05) is 17.5 Å². The van der Waals surface area contributed by atoms with Gasteiger partial charge in [-0.05, 0) is 23.9 Å². The smallest absolute Gasteiger partial charge is 0.251 e. The zero-order chi connectivity index (χ0) is 15.8. The summed E-state index contributed by atoms with van der Waals surface area (Å²) in [6.07, 6.45) is 7.23. The van der Waals surface area contributed by atoms with Gasteiger partial charge in [0.25, 0.3) is 5.91 Å². The molecular weight excluding hydrogens is 274 g/mol. The summed E-state index contributed by atoms with van der Waals surface area (Å²) in [7, 11) is 0. The molecule has 1 amide bonds. The van der Waals surface area contributed by atoms with E-state index in [2.05, 4.69) is 12.2 Å². The molecule has 0 atom stereocenters. The fourth-order valence-corrected chi connectivity index (χ4v) is 2.63. The standard InChI is InChI=1S/C19H25NO2/c1-2-3-4-5-6-9-12-20-19(22)16-13-15-10-7-8-11-17(15)18(21)14-16/h7-8,10-11,13-14,21H,2-6,9,12H2,1H3,(H,20,22). The molecule has 118 valence electrons. The quantitative estimate of drug-likeness (QED) is 0.698. The van der Waals surface area contributed by atoms with E-state index in [0.29, 0.717) is 12.1 Å². The maximum absolute atomic E-state index is 12.2. The van der Waals surface area contributed by atoms with Crippen molar-refractivity contribution in [1.29, 1.82) is 0 Å². The summed E-state index contributed by atoms with van der Waals surface area (Å²) in [4.78, 5) is 12.2. The Kier molecular flexibility index (Phi) is 6.26. The van der Waals surface area contributed by atoms with Crippen molar-refractivity contribution in [2.75, 3.05) is 6.54 Å². The number of benzene rings is 2. The normalized spacial score (nSPS) is 10.8. The van der Waals surface area contributed by atoms with E-state index in [1.165, 1.54) is 25.7 Å². The van der Waals surface area contributed by atoms with Crippen LogP contribution in [0.1, 0.15) is 55.8 Å². The number of phenolic OH excluding ortho intramolecular Hbond substituents is 1. The second-order valence-corrected chi connectivity index (χ2v) is 5.74. The summed E-state index contributed by atoms with van der Waals surface area (Å²) < 4.78 is 0. The van der Waals surface area contributed by atoms with Crippen molar-refractivity contribution >= 4 is 16.7 Å². The molecule has 0 unspecified atom stereocenters. The highest BCUT2D eigenvalue weighted by molar-refractivity contribution is 6.00. The number of carbonyl (C=O) groups is 1. The van der Waals surface area contributed by atoms with E-state index in [-0.39, 0.29) is 11.7 Å². The van der Waals surface area contributed by atoms with Gasteiger partial charge in [-0.3, -0.25) is 4.79 Å². The zero-order valence-corrected chi connectivity index (χ0v) is 13.3. The van der Waals surface area contributed by atoms with E-state index in [9.17, 15) is 9.90 Å². The predicted octanol–water partition coefficient (Wildman–Crippen LogP) is 4.64. The Morgan fingerprint density at radius 2 is 1.77 bits per heavy atom. The Morgan fingerprint density at radius 3 is 2.59 bits per heavy atom. The molecule has 2 rings (SSSR count). The van der Waals surface area contributed by atoms with Gasteiger partial charge >= 0.3 is 0 Å². The summed E-state index contributed by atoms with van der Waals surface area (Å²) in [5.74, 6) is 0.0393. The number of nitrogens with one attached hydrogen (secondary N) is 1. The molecular formula is C19H25NO2. The van der Waals surface area contributed by atoms with Crippen molar-refractivity contribution in [2.45, 2.75) is 45.4 Å². The van der Waals surface area contributed by atoms with E-state index in [1.54, 1.807) is 6.07 Å². The third-order valence-corrected chi connectivity index (χ3v) is 3.92. The minimum absolute atomic E-state index is 0.116. The van der Waals surface area contributed by atoms with Crippen molar-refractivity contribution in [3.8, 4) is 5.75 Å². The SMILES string of the molecule is CCCCCCCCNC(=O)c1cc(O)c2ccccc2c1. The number of phenols is 1. The molecule has 0 saturated heterocycles. The molecule has 0 saturated carbocycles. The van der Waals surface area contributed by atoms with Gasteiger partial charge in [0.15, 0.2) is 0 Å². The van der Waals surface area contributed by atoms with E-state index >= 15 is 0 Å². The third-order valence-electron chi connectivity index (χ3n) is 3.92. The molecule has 0 aliphatic rings. The van der Waals surface area contributed by atoms with Crippen molar-refractivity contribution < 1.29 is 9.90 Å². The average Bonchev–Trinajstić information content (AvgIpc) is 2.54. The average molecular weight is 299 g/mol.